The first-order valence-electron chi connectivity index (χ1n) is 8.62. The van der Waals surface area contributed by atoms with Crippen LogP contribution in [0.3, 0.4) is 0 Å². The van der Waals surface area contributed by atoms with Gasteiger partial charge in [0.15, 0.2) is 5.82 Å². The number of nitrogens with zero attached hydrogens (tertiary/aromatic N) is 3. The molecule has 0 spiro atoms. The Hall–Kier alpha value is -1.72. The molecule has 0 N–H and O–H groups in total. The Morgan fingerprint density at radius 3 is 2.43 bits per heavy atom. The molecule has 1 aromatic heterocycles. The fraction of sp³-hybridized carbons (Fsp3) is 0.706. The lowest BCUT2D eigenvalue weighted by Gasteiger charge is -2.33. The van der Waals surface area contributed by atoms with E-state index in [4.69, 9.17) is 4.74 Å². The van der Waals surface area contributed by atoms with Gasteiger partial charge in [-0.05, 0) is 18.8 Å². The molecule has 2 heterocycles. The molecule has 0 aromatic carbocycles. The summed E-state index contributed by atoms with van der Waals surface area (Å²) in [6.45, 7) is 1.44. The van der Waals surface area contributed by atoms with Gasteiger partial charge >= 0.3 is 6.01 Å². The third-order valence-electron chi connectivity index (χ3n) is 4.85. The van der Waals surface area contributed by atoms with E-state index >= 15 is 0 Å². The first kappa shape index (κ1) is 16.1. The van der Waals surface area contributed by atoms with Gasteiger partial charge in [-0.25, -0.2) is 14.4 Å². The highest BCUT2D eigenvalue weighted by Gasteiger charge is 2.26. The van der Waals surface area contributed by atoms with E-state index in [1.54, 1.807) is 0 Å². The lowest BCUT2D eigenvalue weighted by atomic mass is 9.86. The van der Waals surface area contributed by atoms with E-state index in [1.807, 2.05) is 4.90 Å². The van der Waals surface area contributed by atoms with E-state index in [0.717, 1.165) is 38.3 Å². The molecule has 5 nitrogen and oxygen atoms in total. The molecule has 6 heteroatoms. The van der Waals surface area contributed by atoms with Crippen LogP contribution in [0.4, 0.5) is 4.39 Å². The van der Waals surface area contributed by atoms with E-state index in [2.05, 4.69) is 9.97 Å². The number of aromatic nitrogens is 2. The molecule has 1 aromatic rings. The summed E-state index contributed by atoms with van der Waals surface area (Å²) in [5, 5.41) is 0. The van der Waals surface area contributed by atoms with Gasteiger partial charge in [-0.2, -0.15) is 0 Å². The molecule has 2 fully saturated rings. The van der Waals surface area contributed by atoms with Crippen LogP contribution in [-0.2, 0) is 4.79 Å². The van der Waals surface area contributed by atoms with Gasteiger partial charge in [0.25, 0.3) is 0 Å². The van der Waals surface area contributed by atoms with Gasteiger partial charge in [-0.1, -0.05) is 19.3 Å². The molecule has 126 valence electrons. The highest BCUT2D eigenvalue weighted by atomic mass is 19.1. The average molecular weight is 321 g/mol. The number of rotatable bonds is 4. The summed E-state index contributed by atoms with van der Waals surface area (Å²) in [5.74, 6) is 0.395. The predicted molar refractivity (Wildman–Crippen MR) is 83.4 cm³/mol. The Morgan fingerprint density at radius 1 is 1.13 bits per heavy atom. The smallest absolute Gasteiger partial charge is 0.316 e. The maximum atomic E-state index is 12.8. The van der Waals surface area contributed by atoms with E-state index < -0.39 is 5.82 Å². The normalized spacial score (nSPS) is 20.5. The van der Waals surface area contributed by atoms with Crippen LogP contribution in [0.25, 0.3) is 0 Å². The van der Waals surface area contributed by atoms with Crippen molar-refractivity contribution in [3.63, 3.8) is 0 Å². The van der Waals surface area contributed by atoms with Crippen molar-refractivity contribution in [2.75, 3.05) is 13.1 Å². The molecule has 2 aliphatic rings. The summed E-state index contributed by atoms with van der Waals surface area (Å²) >= 11 is 0. The van der Waals surface area contributed by atoms with E-state index in [-0.39, 0.29) is 18.0 Å². The molecule has 1 saturated carbocycles. The van der Waals surface area contributed by atoms with Crippen molar-refractivity contribution in [3.05, 3.63) is 18.2 Å². The fourth-order valence-electron chi connectivity index (χ4n) is 3.50. The second-order valence-corrected chi connectivity index (χ2v) is 6.59. The summed E-state index contributed by atoms with van der Waals surface area (Å²) in [7, 11) is 0. The number of likely N-dealkylation sites (tertiary alicyclic amines) is 1. The second kappa shape index (κ2) is 7.70. The number of hydrogen-bond donors (Lipinski definition) is 0. The summed E-state index contributed by atoms with van der Waals surface area (Å²) in [6, 6.07) is 0.207. The van der Waals surface area contributed by atoms with Crippen molar-refractivity contribution in [1.82, 2.24) is 14.9 Å². The molecule has 1 aliphatic carbocycles. The van der Waals surface area contributed by atoms with Crippen LogP contribution in [0.1, 0.15) is 51.4 Å². The molecular formula is C17H24FN3O2. The number of halogens is 1. The number of ether oxygens (including phenoxy) is 1. The maximum absolute atomic E-state index is 12.8. The summed E-state index contributed by atoms with van der Waals surface area (Å²) in [5.41, 5.74) is 0. The lowest BCUT2D eigenvalue weighted by Crippen LogP contribution is -2.42. The Kier molecular flexibility index (Phi) is 5.41. The molecule has 1 amide bonds. The fourth-order valence-corrected chi connectivity index (χ4v) is 3.50. The number of carbonyl (C=O) groups excluding carboxylic acids is 1. The van der Waals surface area contributed by atoms with Gasteiger partial charge in [0.1, 0.15) is 6.10 Å². The van der Waals surface area contributed by atoms with Gasteiger partial charge in [0.2, 0.25) is 5.91 Å². The Bertz CT molecular complexity index is 509. The Labute approximate surface area is 136 Å². The third kappa shape index (κ3) is 4.62. The van der Waals surface area contributed by atoms with Gasteiger partial charge < -0.3 is 9.64 Å². The van der Waals surface area contributed by atoms with Gasteiger partial charge in [-0.15, -0.1) is 0 Å². The number of amides is 1. The molecule has 1 aliphatic heterocycles. The molecule has 0 radical (unpaired) electrons. The first-order chi connectivity index (χ1) is 11.2. The van der Waals surface area contributed by atoms with Crippen molar-refractivity contribution >= 4 is 5.91 Å². The molecule has 0 atom stereocenters. The van der Waals surface area contributed by atoms with Crippen LogP contribution >= 0.6 is 0 Å². The zero-order valence-corrected chi connectivity index (χ0v) is 13.4. The number of carbonyl (C=O) groups is 1. The number of piperidine rings is 1. The summed E-state index contributed by atoms with van der Waals surface area (Å²) < 4.78 is 18.4. The first-order valence-corrected chi connectivity index (χ1v) is 8.62. The van der Waals surface area contributed by atoms with Crippen LogP contribution in [0, 0.1) is 11.7 Å². The predicted octanol–water partition coefficient (Wildman–Crippen LogP) is 2.96. The minimum Gasteiger partial charge on any atom is -0.460 e. The zero-order chi connectivity index (χ0) is 16.1. The number of hydrogen-bond acceptors (Lipinski definition) is 4. The molecule has 3 rings (SSSR count). The van der Waals surface area contributed by atoms with Crippen molar-refractivity contribution in [2.24, 2.45) is 5.92 Å². The van der Waals surface area contributed by atoms with Crippen molar-refractivity contribution < 1.29 is 13.9 Å². The molecule has 0 bridgehead atoms. The van der Waals surface area contributed by atoms with E-state index in [9.17, 15) is 9.18 Å². The molecule has 23 heavy (non-hydrogen) atoms. The van der Waals surface area contributed by atoms with Crippen LogP contribution < -0.4 is 4.74 Å². The van der Waals surface area contributed by atoms with Crippen LogP contribution in [-0.4, -0.2) is 40.0 Å². The molecule has 0 unspecified atom stereocenters. The van der Waals surface area contributed by atoms with Gasteiger partial charge in [-0.3, -0.25) is 4.79 Å². The van der Waals surface area contributed by atoms with Crippen LogP contribution in [0.15, 0.2) is 12.4 Å². The largest absolute Gasteiger partial charge is 0.460 e. The molecular weight excluding hydrogens is 297 g/mol. The van der Waals surface area contributed by atoms with Crippen LogP contribution in [0.2, 0.25) is 0 Å². The standard InChI is InChI=1S/C17H24FN3O2/c18-14-11-19-17(20-12-14)23-15-6-8-21(9-7-15)16(22)10-13-4-2-1-3-5-13/h11-13,15H,1-10H2. The minimum absolute atomic E-state index is 0.000748. The SMILES string of the molecule is O=C(CC1CCCCC1)N1CCC(Oc2ncc(F)cn2)CC1. The van der Waals surface area contributed by atoms with Gasteiger partial charge in [0.05, 0.1) is 12.4 Å². The van der Waals surface area contributed by atoms with Crippen LogP contribution in [0.5, 0.6) is 6.01 Å². The quantitative estimate of drug-likeness (QED) is 0.855. The average Bonchev–Trinajstić information content (AvgIpc) is 2.58. The van der Waals surface area contributed by atoms with E-state index in [1.165, 1.54) is 32.1 Å². The second-order valence-electron chi connectivity index (χ2n) is 6.59. The van der Waals surface area contributed by atoms with Crippen molar-refractivity contribution in [1.29, 1.82) is 0 Å². The Balaban J connectivity index is 1.42. The van der Waals surface area contributed by atoms with Gasteiger partial charge in [0, 0.05) is 32.4 Å². The van der Waals surface area contributed by atoms with Crippen molar-refractivity contribution in [2.45, 2.75) is 57.5 Å². The Morgan fingerprint density at radius 2 is 1.78 bits per heavy atom. The third-order valence-corrected chi connectivity index (χ3v) is 4.85. The summed E-state index contributed by atoms with van der Waals surface area (Å²) in [6.07, 6.45) is 10.7. The highest BCUT2D eigenvalue weighted by molar-refractivity contribution is 5.76. The summed E-state index contributed by atoms with van der Waals surface area (Å²) in [4.78, 5) is 22.0. The zero-order valence-electron chi connectivity index (χ0n) is 13.4. The minimum atomic E-state index is -0.472. The van der Waals surface area contributed by atoms with E-state index in [0.29, 0.717) is 12.3 Å². The topological polar surface area (TPSA) is 55.3 Å². The highest BCUT2D eigenvalue weighted by Crippen LogP contribution is 2.27. The monoisotopic (exact) mass is 321 g/mol. The van der Waals surface area contributed by atoms with Crippen molar-refractivity contribution in [3.8, 4) is 6.01 Å². The maximum Gasteiger partial charge on any atom is 0.316 e. The lowest BCUT2D eigenvalue weighted by molar-refractivity contribution is -0.134. The molecule has 1 saturated heterocycles.